The van der Waals surface area contributed by atoms with Crippen molar-refractivity contribution in [3.05, 3.63) is 33.9 Å². The van der Waals surface area contributed by atoms with E-state index in [9.17, 15) is 19.7 Å². The molecular formula is C12H16N4O4. The molecule has 0 fully saturated rings. The van der Waals surface area contributed by atoms with Crippen LogP contribution in [0.15, 0.2) is 18.2 Å². The van der Waals surface area contributed by atoms with Gasteiger partial charge in [-0.15, -0.1) is 0 Å². The van der Waals surface area contributed by atoms with Crippen LogP contribution in [0.2, 0.25) is 0 Å². The zero-order valence-electron chi connectivity index (χ0n) is 11.5. The van der Waals surface area contributed by atoms with E-state index >= 15 is 0 Å². The standard InChI is InChI=1S/C12H16N4O4/c1-13-12(18)8-4-5-10(16(19)20)9(6-8)14-7-11(17)15(2)3/h4-6,14H,7H2,1-3H3,(H,13,18). The fraction of sp³-hybridized carbons (Fsp3) is 0.333. The molecule has 0 radical (unpaired) electrons. The second kappa shape index (κ2) is 6.50. The van der Waals surface area contributed by atoms with Crippen LogP contribution in [0, 0.1) is 10.1 Å². The van der Waals surface area contributed by atoms with Gasteiger partial charge in [-0.1, -0.05) is 0 Å². The second-order valence-corrected chi connectivity index (χ2v) is 4.21. The van der Waals surface area contributed by atoms with Crippen molar-refractivity contribution in [3.63, 3.8) is 0 Å². The molecule has 0 bridgehead atoms. The molecule has 1 rings (SSSR count). The van der Waals surface area contributed by atoms with E-state index in [-0.39, 0.29) is 35.3 Å². The van der Waals surface area contributed by atoms with E-state index in [0.29, 0.717) is 0 Å². The first-order valence-corrected chi connectivity index (χ1v) is 5.81. The maximum absolute atomic E-state index is 11.5. The Morgan fingerprint density at radius 1 is 1.35 bits per heavy atom. The van der Waals surface area contributed by atoms with Crippen molar-refractivity contribution in [2.75, 3.05) is 33.0 Å². The minimum atomic E-state index is -0.573. The van der Waals surface area contributed by atoms with Gasteiger partial charge >= 0.3 is 0 Å². The quantitative estimate of drug-likeness (QED) is 0.602. The van der Waals surface area contributed by atoms with Crippen LogP contribution in [0.5, 0.6) is 0 Å². The Bertz CT molecular complexity index is 542. The van der Waals surface area contributed by atoms with Crippen molar-refractivity contribution in [1.82, 2.24) is 10.2 Å². The monoisotopic (exact) mass is 280 g/mol. The van der Waals surface area contributed by atoms with Crippen LogP contribution in [-0.2, 0) is 4.79 Å². The third-order valence-corrected chi connectivity index (χ3v) is 2.61. The summed E-state index contributed by atoms with van der Waals surface area (Å²) in [5.74, 6) is -0.591. The molecule has 0 aliphatic heterocycles. The highest BCUT2D eigenvalue weighted by atomic mass is 16.6. The molecule has 1 aromatic carbocycles. The van der Waals surface area contributed by atoms with Crippen molar-refractivity contribution in [2.24, 2.45) is 0 Å². The molecule has 0 atom stereocenters. The summed E-state index contributed by atoms with van der Waals surface area (Å²) < 4.78 is 0. The van der Waals surface area contributed by atoms with Gasteiger partial charge in [0, 0.05) is 32.8 Å². The summed E-state index contributed by atoms with van der Waals surface area (Å²) in [6.07, 6.45) is 0. The molecule has 0 heterocycles. The fourth-order valence-electron chi connectivity index (χ4n) is 1.45. The number of amides is 2. The smallest absolute Gasteiger partial charge is 0.292 e. The van der Waals surface area contributed by atoms with E-state index in [1.807, 2.05) is 0 Å². The molecule has 0 aliphatic carbocycles. The Balaban J connectivity index is 3.03. The zero-order valence-corrected chi connectivity index (χ0v) is 11.5. The fourth-order valence-corrected chi connectivity index (χ4v) is 1.45. The molecule has 2 amide bonds. The van der Waals surface area contributed by atoms with E-state index < -0.39 is 4.92 Å². The highest BCUT2D eigenvalue weighted by molar-refractivity contribution is 5.96. The van der Waals surface area contributed by atoms with Crippen LogP contribution >= 0.6 is 0 Å². The molecule has 20 heavy (non-hydrogen) atoms. The van der Waals surface area contributed by atoms with Crippen molar-refractivity contribution in [1.29, 1.82) is 0 Å². The Morgan fingerprint density at radius 2 is 2.00 bits per heavy atom. The van der Waals surface area contributed by atoms with Crippen LogP contribution in [0.25, 0.3) is 0 Å². The summed E-state index contributed by atoms with van der Waals surface area (Å²) >= 11 is 0. The number of hydrogen-bond acceptors (Lipinski definition) is 5. The van der Waals surface area contributed by atoms with Crippen LogP contribution in [0.4, 0.5) is 11.4 Å². The molecule has 8 nitrogen and oxygen atoms in total. The summed E-state index contributed by atoms with van der Waals surface area (Å²) in [5.41, 5.74) is 0.216. The molecule has 0 aromatic heterocycles. The van der Waals surface area contributed by atoms with E-state index in [4.69, 9.17) is 0 Å². The number of nitro benzene ring substituents is 1. The molecule has 2 N–H and O–H groups in total. The number of hydrogen-bond donors (Lipinski definition) is 2. The minimum Gasteiger partial charge on any atom is -0.371 e. The lowest BCUT2D eigenvalue weighted by molar-refractivity contribution is -0.383. The summed E-state index contributed by atoms with van der Waals surface area (Å²) in [5, 5.41) is 16.0. The predicted molar refractivity (Wildman–Crippen MR) is 73.7 cm³/mol. The maximum Gasteiger partial charge on any atom is 0.292 e. The summed E-state index contributed by atoms with van der Waals surface area (Å²) in [7, 11) is 4.63. The van der Waals surface area contributed by atoms with Gasteiger partial charge in [0.25, 0.3) is 11.6 Å². The van der Waals surface area contributed by atoms with Crippen molar-refractivity contribution >= 4 is 23.2 Å². The molecule has 0 saturated carbocycles. The highest BCUT2D eigenvalue weighted by Gasteiger charge is 2.17. The number of carbonyl (C=O) groups excluding carboxylic acids is 2. The van der Waals surface area contributed by atoms with Gasteiger partial charge in [-0.2, -0.15) is 0 Å². The predicted octanol–water partition coefficient (Wildman–Crippen LogP) is 0.454. The van der Waals surface area contributed by atoms with Gasteiger partial charge in [-0.25, -0.2) is 0 Å². The summed E-state index contributed by atoms with van der Waals surface area (Å²) in [6, 6.07) is 3.93. The van der Waals surface area contributed by atoms with Crippen LogP contribution in [-0.4, -0.2) is 49.3 Å². The van der Waals surface area contributed by atoms with Crippen LogP contribution in [0.1, 0.15) is 10.4 Å². The topological polar surface area (TPSA) is 105 Å². The lowest BCUT2D eigenvalue weighted by Crippen LogP contribution is -2.28. The van der Waals surface area contributed by atoms with Gasteiger partial charge in [-0.05, 0) is 12.1 Å². The van der Waals surface area contributed by atoms with Crippen molar-refractivity contribution in [3.8, 4) is 0 Å². The van der Waals surface area contributed by atoms with E-state index in [1.165, 1.54) is 30.1 Å². The lowest BCUT2D eigenvalue weighted by atomic mass is 10.1. The Hall–Kier alpha value is -2.64. The summed E-state index contributed by atoms with van der Waals surface area (Å²) in [4.78, 5) is 34.7. The van der Waals surface area contributed by atoms with E-state index in [2.05, 4.69) is 10.6 Å². The average Bonchev–Trinajstić information content (AvgIpc) is 2.43. The number of nitrogens with one attached hydrogen (secondary N) is 2. The van der Waals surface area contributed by atoms with Crippen LogP contribution < -0.4 is 10.6 Å². The molecule has 0 aliphatic rings. The van der Waals surface area contributed by atoms with E-state index in [0.717, 1.165) is 0 Å². The van der Waals surface area contributed by atoms with Gasteiger partial charge in [0.1, 0.15) is 5.69 Å². The van der Waals surface area contributed by atoms with Gasteiger partial charge in [-0.3, -0.25) is 19.7 Å². The van der Waals surface area contributed by atoms with Gasteiger partial charge < -0.3 is 15.5 Å². The normalized spacial score (nSPS) is 9.75. The zero-order chi connectivity index (χ0) is 15.3. The molecular weight excluding hydrogens is 264 g/mol. The molecule has 8 heteroatoms. The number of anilines is 1. The SMILES string of the molecule is CNC(=O)c1ccc([N+](=O)[O-])c(NCC(=O)N(C)C)c1. The number of nitro groups is 1. The largest absolute Gasteiger partial charge is 0.371 e. The molecule has 108 valence electrons. The van der Waals surface area contributed by atoms with Gasteiger partial charge in [0.15, 0.2) is 0 Å². The number of rotatable bonds is 5. The van der Waals surface area contributed by atoms with Crippen molar-refractivity contribution < 1.29 is 14.5 Å². The maximum atomic E-state index is 11.5. The third kappa shape index (κ3) is 3.67. The third-order valence-electron chi connectivity index (χ3n) is 2.61. The number of likely N-dealkylation sites (N-methyl/N-ethyl adjacent to an activating group) is 1. The number of nitrogens with zero attached hydrogens (tertiary/aromatic N) is 2. The molecule has 0 spiro atoms. The first kappa shape index (κ1) is 15.4. The number of benzene rings is 1. The summed E-state index contributed by atoms with van der Waals surface area (Å²) in [6.45, 7) is -0.0922. The van der Waals surface area contributed by atoms with E-state index in [1.54, 1.807) is 14.1 Å². The average molecular weight is 280 g/mol. The van der Waals surface area contributed by atoms with Crippen molar-refractivity contribution in [2.45, 2.75) is 0 Å². The Kier molecular flexibility index (Phi) is 5.01. The first-order chi connectivity index (χ1) is 9.36. The molecule has 0 saturated heterocycles. The number of carbonyl (C=O) groups is 2. The molecule has 0 unspecified atom stereocenters. The lowest BCUT2D eigenvalue weighted by Gasteiger charge is -2.12. The highest BCUT2D eigenvalue weighted by Crippen LogP contribution is 2.25. The first-order valence-electron chi connectivity index (χ1n) is 5.81. The van der Waals surface area contributed by atoms with Gasteiger partial charge in [0.2, 0.25) is 5.91 Å². The second-order valence-electron chi connectivity index (χ2n) is 4.21. The minimum absolute atomic E-state index is 0.0922. The Labute approximate surface area is 115 Å². The Morgan fingerprint density at radius 3 is 2.50 bits per heavy atom. The van der Waals surface area contributed by atoms with Gasteiger partial charge in [0.05, 0.1) is 11.5 Å². The molecule has 1 aromatic rings. The van der Waals surface area contributed by atoms with Crippen LogP contribution in [0.3, 0.4) is 0 Å².